The highest BCUT2D eigenvalue weighted by Gasteiger charge is 2.09. The molecule has 0 bridgehead atoms. The zero-order valence-electron chi connectivity index (χ0n) is 14.1. The Balaban J connectivity index is 1.54. The van der Waals surface area contributed by atoms with Crippen LogP contribution in [-0.2, 0) is 11.3 Å². The number of halogens is 1. The standard InChI is InChI=1S/C18H19FN4OS/c1-12-10-14(5-6-15(12)19)16-11-25-18(21-16)22-17(24)4-3-8-23-9-7-20-13(23)2/h5-7,9-11H,3-4,8H2,1-2H3,(H,21,22,24). The molecule has 0 spiro atoms. The summed E-state index contributed by atoms with van der Waals surface area (Å²) >= 11 is 1.36. The lowest BCUT2D eigenvalue weighted by Crippen LogP contribution is -2.12. The SMILES string of the molecule is Cc1cc(-c2csc(NC(=O)CCCn3ccnc3C)n2)ccc1F. The first-order valence-corrected chi connectivity index (χ1v) is 8.90. The molecule has 2 heterocycles. The fourth-order valence-corrected chi connectivity index (χ4v) is 3.24. The molecule has 5 nitrogen and oxygen atoms in total. The number of hydrogen-bond acceptors (Lipinski definition) is 4. The van der Waals surface area contributed by atoms with E-state index in [0.29, 0.717) is 17.1 Å². The normalized spacial score (nSPS) is 10.8. The van der Waals surface area contributed by atoms with Gasteiger partial charge in [-0.1, -0.05) is 0 Å². The monoisotopic (exact) mass is 358 g/mol. The molecular formula is C18H19FN4OS. The van der Waals surface area contributed by atoms with E-state index in [1.807, 2.05) is 23.1 Å². The van der Waals surface area contributed by atoms with Gasteiger partial charge in [-0.2, -0.15) is 0 Å². The van der Waals surface area contributed by atoms with Crippen molar-refractivity contribution >= 4 is 22.4 Å². The van der Waals surface area contributed by atoms with Gasteiger partial charge < -0.3 is 9.88 Å². The van der Waals surface area contributed by atoms with Crippen LogP contribution >= 0.6 is 11.3 Å². The molecule has 1 aromatic carbocycles. The summed E-state index contributed by atoms with van der Waals surface area (Å²) in [7, 11) is 0. The first-order chi connectivity index (χ1) is 12.0. The minimum Gasteiger partial charge on any atom is -0.335 e. The lowest BCUT2D eigenvalue weighted by atomic mass is 10.1. The van der Waals surface area contributed by atoms with Gasteiger partial charge in [0.15, 0.2) is 5.13 Å². The number of thiazole rings is 1. The summed E-state index contributed by atoms with van der Waals surface area (Å²) in [5, 5.41) is 5.24. The molecule has 0 saturated carbocycles. The highest BCUT2D eigenvalue weighted by molar-refractivity contribution is 7.14. The number of amides is 1. The molecule has 0 saturated heterocycles. The molecule has 0 fully saturated rings. The topological polar surface area (TPSA) is 59.8 Å². The number of benzene rings is 1. The van der Waals surface area contributed by atoms with Crippen LogP contribution < -0.4 is 5.32 Å². The van der Waals surface area contributed by atoms with Gasteiger partial charge in [-0.3, -0.25) is 4.79 Å². The molecule has 0 radical (unpaired) electrons. The average Bonchev–Trinajstić information content (AvgIpc) is 3.20. The Morgan fingerprint density at radius 1 is 1.36 bits per heavy atom. The molecular weight excluding hydrogens is 339 g/mol. The Labute approximate surface area is 149 Å². The van der Waals surface area contributed by atoms with Crippen molar-refractivity contribution in [3.05, 3.63) is 53.2 Å². The second-order valence-corrected chi connectivity index (χ2v) is 6.68. The van der Waals surface area contributed by atoms with Crippen molar-refractivity contribution in [2.24, 2.45) is 0 Å². The number of carbonyl (C=O) groups is 1. The number of aromatic nitrogens is 3. The van der Waals surface area contributed by atoms with Crippen molar-refractivity contribution in [2.45, 2.75) is 33.2 Å². The van der Waals surface area contributed by atoms with Crippen LogP contribution in [0.3, 0.4) is 0 Å². The Morgan fingerprint density at radius 3 is 2.92 bits per heavy atom. The van der Waals surface area contributed by atoms with E-state index in [1.54, 1.807) is 25.3 Å². The largest absolute Gasteiger partial charge is 0.335 e. The van der Waals surface area contributed by atoms with E-state index in [9.17, 15) is 9.18 Å². The third-order valence-electron chi connectivity index (χ3n) is 3.93. The van der Waals surface area contributed by atoms with E-state index in [0.717, 1.165) is 30.0 Å². The van der Waals surface area contributed by atoms with Gasteiger partial charge in [0.1, 0.15) is 11.6 Å². The molecule has 7 heteroatoms. The lowest BCUT2D eigenvalue weighted by molar-refractivity contribution is -0.116. The first-order valence-electron chi connectivity index (χ1n) is 8.02. The quantitative estimate of drug-likeness (QED) is 0.719. The Kier molecular flexibility index (Phi) is 5.23. The third-order valence-corrected chi connectivity index (χ3v) is 4.69. The molecule has 0 aliphatic rings. The predicted octanol–water partition coefficient (Wildman–Crippen LogP) is 4.18. The maximum atomic E-state index is 13.4. The fraction of sp³-hybridized carbons (Fsp3) is 0.278. The molecule has 0 unspecified atom stereocenters. The Morgan fingerprint density at radius 2 is 2.20 bits per heavy atom. The summed E-state index contributed by atoms with van der Waals surface area (Å²) in [6, 6.07) is 4.88. The maximum Gasteiger partial charge on any atom is 0.226 e. The molecule has 3 aromatic rings. The Hall–Kier alpha value is -2.54. The van der Waals surface area contributed by atoms with E-state index < -0.39 is 0 Å². The second kappa shape index (κ2) is 7.57. The molecule has 130 valence electrons. The van der Waals surface area contributed by atoms with Crippen LogP contribution in [0.4, 0.5) is 9.52 Å². The van der Waals surface area contributed by atoms with Crippen molar-refractivity contribution < 1.29 is 9.18 Å². The van der Waals surface area contributed by atoms with Gasteiger partial charge >= 0.3 is 0 Å². The van der Waals surface area contributed by atoms with Crippen LogP contribution in [0.5, 0.6) is 0 Å². The summed E-state index contributed by atoms with van der Waals surface area (Å²) in [4.78, 5) is 20.6. The second-order valence-electron chi connectivity index (χ2n) is 5.82. The number of nitrogens with zero attached hydrogens (tertiary/aromatic N) is 3. The lowest BCUT2D eigenvalue weighted by Gasteiger charge is -2.05. The highest BCUT2D eigenvalue weighted by atomic mass is 32.1. The number of aryl methyl sites for hydroxylation is 3. The highest BCUT2D eigenvalue weighted by Crippen LogP contribution is 2.26. The van der Waals surface area contributed by atoms with Crippen molar-refractivity contribution in [1.29, 1.82) is 0 Å². The smallest absolute Gasteiger partial charge is 0.226 e. The molecule has 3 rings (SSSR count). The number of hydrogen-bond donors (Lipinski definition) is 1. The summed E-state index contributed by atoms with van der Waals surface area (Å²) in [6.45, 7) is 4.42. The van der Waals surface area contributed by atoms with Gasteiger partial charge in [0.05, 0.1) is 5.69 Å². The molecule has 1 amide bonds. The van der Waals surface area contributed by atoms with Crippen molar-refractivity contribution in [3.63, 3.8) is 0 Å². The van der Waals surface area contributed by atoms with Crippen LogP contribution in [0.25, 0.3) is 11.3 Å². The van der Waals surface area contributed by atoms with Crippen molar-refractivity contribution in [3.8, 4) is 11.3 Å². The average molecular weight is 358 g/mol. The number of imidazole rings is 1. The summed E-state index contributed by atoms with van der Waals surface area (Å²) in [6.07, 6.45) is 4.81. The van der Waals surface area contributed by atoms with E-state index in [1.165, 1.54) is 17.4 Å². The van der Waals surface area contributed by atoms with Crippen LogP contribution in [0, 0.1) is 19.7 Å². The zero-order chi connectivity index (χ0) is 17.8. The van der Waals surface area contributed by atoms with Gasteiger partial charge in [-0.05, 0) is 44.0 Å². The van der Waals surface area contributed by atoms with Gasteiger partial charge in [-0.25, -0.2) is 14.4 Å². The first kappa shape index (κ1) is 17.3. The van der Waals surface area contributed by atoms with Gasteiger partial charge in [0.25, 0.3) is 0 Å². The molecule has 0 aliphatic carbocycles. The van der Waals surface area contributed by atoms with E-state index in [2.05, 4.69) is 15.3 Å². The number of nitrogens with one attached hydrogen (secondary N) is 1. The van der Waals surface area contributed by atoms with Gasteiger partial charge in [0, 0.05) is 36.3 Å². The van der Waals surface area contributed by atoms with E-state index in [4.69, 9.17) is 0 Å². The summed E-state index contributed by atoms with van der Waals surface area (Å²) < 4.78 is 15.4. The summed E-state index contributed by atoms with van der Waals surface area (Å²) in [5.41, 5.74) is 2.15. The Bertz CT molecular complexity index is 887. The van der Waals surface area contributed by atoms with Gasteiger partial charge in [0.2, 0.25) is 5.91 Å². The van der Waals surface area contributed by atoms with Crippen molar-refractivity contribution in [1.82, 2.24) is 14.5 Å². The molecule has 2 aromatic heterocycles. The predicted molar refractivity (Wildman–Crippen MR) is 97.1 cm³/mol. The number of rotatable bonds is 6. The maximum absolute atomic E-state index is 13.4. The minimum atomic E-state index is -0.236. The number of anilines is 1. The van der Waals surface area contributed by atoms with Gasteiger partial charge in [-0.15, -0.1) is 11.3 Å². The van der Waals surface area contributed by atoms with Crippen molar-refractivity contribution in [2.75, 3.05) is 5.32 Å². The minimum absolute atomic E-state index is 0.0612. The van der Waals surface area contributed by atoms with Crippen LogP contribution in [0.15, 0.2) is 36.0 Å². The van der Waals surface area contributed by atoms with Crippen LogP contribution in [0.2, 0.25) is 0 Å². The van der Waals surface area contributed by atoms with Crippen LogP contribution in [-0.4, -0.2) is 20.4 Å². The van der Waals surface area contributed by atoms with E-state index in [-0.39, 0.29) is 11.7 Å². The third kappa shape index (κ3) is 4.30. The molecule has 1 N–H and O–H groups in total. The van der Waals surface area contributed by atoms with E-state index >= 15 is 0 Å². The number of carbonyl (C=O) groups excluding carboxylic acids is 1. The molecule has 25 heavy (non-hydrogen) atoms. The fourth-order valence-electron chi connectivity index (χ4n) is 2.50. The zero-order valence-corrected chi connectivity index (χ0v) is 14.9. The molecule has 0 atom stereocenters. The van der Waals surface area contributed by atoms with Crippen LogP contribution in [0.1, 0.15) is 24.2 Å². The molecule has 0 aliphatic heterocycles. The summed E-state index contributed by atoms with van der Waals surface area (Å²) in [5.74, 6) is 0.647.